The second kappa shape index (κ2) is 7.11. The van der Waals surface area contributed by atoms with Gasteiger partial charge in [-0.2, -0.15) is 0 Å². The second-order valence-corrected chi connectivity index (χ2v) is 5.68. The minimum Gasteiger partial charge on any atom is -0.374 e. The van der Waals surface area contributed by atoms with E-state index in [-0.39, 0.29) is 11.9 Å². The Morgan fingerprint density at radius 3 is 2.38 bits per heavy atom. The summed E-state index contributed by atoms with van der Waals surface area (Å²) in [5, 5.41) is 8.30. The van der Waals surface area contributed by atoms with Crippen LogP contribution >= 0.6 is 0 Å². The van der Waals surface area contributed by atoms with Crippen molar-refractivity contribution in [1.29, 1.82) is 0 Å². The molecule has 0 aliphatic heterocycles. The van der Waals surface area contributed by atoms with Gasteiger partial charge in [0.2, 0.25) is 5.91 Å². The summed E-state index contributed by atoms with van der Waals surface area (Å²) >= 11 is 0. The standard InChI is InChI=1S/C16H23N3O2/c1-11-7-9-14(10-8-11)17-12(2)15(20)19-16(21)18-13-5-3-4-6-13/h7-10,12-13,17H,3-6H2,1-2H3,(H2,18,19,20,21). The number of benzene rings is 1. The van der Waals surface area contributed by atoms with Crippen LogP contribution in [0.1, 0.15) is 38.2 Å². The highest BCUT2D eigenvalue weighted by atomic mass is 16.2. The van der Waals surface area contributed by atoms with Crippen LogP contribution in [-0.4, -0.2) is 24.0 Å². The molecule has 0 heterocycles. The van der Waals surface area contributed by atoms with E-state index < -0.39 is 12.1 Å². The molecule has 1 aliphatic carbocycles. The molecule has 1 saturated carbocycles. The molecule has 3 amide bonds. The van der Waals surface area contributed by atoms with Gasteiger partial charge in [-0.25, -0.2) is 4.79 Å². The molecule has 21 heavy (non-hydrogen) atoms. The van der Waals surface area contributed by atoms with Crippen LogP contribution in [0.15, 0.2) is 24.3 Å². The van der Waals surface area contributed by atoms with Crippen LogP contribution in [0, 0.1) is 6.92 Å². The molecular weight excluding hydrogens is 266 g/mol. The zero-order valence-corrected chi connectivity index (χ0v) is 12.6. The molecule has 5 nitrogen and oxygen atoms in total. The van der Waals surface area contributed by atoms with Crippen molar-refractivity contribution >= 4 is 17.6 Å². The third kappa shape index (κ3) is 4.77. The van der Waals surface area contributed by atoms with Crippen LogP contribution in [0.3, 0.4) is 0 Å². The van der Waals surface area contributed by atoms with Gasteiger partial charge in [-0.15, -0.1) is 0 Å². The lowest BCUT2D eigenvalue weighted by Crippen LogP contribution is -2.48. The molecule has 0 spiro atoms. The largest absolute Gasteiger partial charge is 0.374 e. The van der Waals surface area contributed by atoms with Crippen molar-refractivity contribution in [3.63, 3.8) is 0 Å². The molecule has 2 rings (SSSR count). The number of rotatable bonds is 4. The topological polar surface area (TPSA) is 70.2 Å². The molecule has 0 radical (unpaired) electrons. The molecule has 0 aromatic heterocycles. The molecule has 3 N–H and O–H groups in total. The number of imide groups is 1. The number of anilines is 1. The van der Waals surface area contributed by atoms with Crippen LogP contribution in [-0.2, 0) is 4.79 Å². The Labute approximate surface area is 125 Å². The Balaban J connectivity index is 1.78. The Morgan fingerprint density at radius 2 is 1.76 bits per heavy atom. The van der Waals surface area contributed by atoms with E-state index in [0.717, 1.165) is 36.9 Å². The highest BCUT2D eigenvalue weighted by Crippen LogP contribution is 2.17. The predicted molar refractivity (Wildman–Crippen MR) is 83.2 cm³/mol. The predicted octanol–water partition coefficient (Wildman–Crippen LogP) is 2.56. The lowest BCUT2D eigenvalue weighted by molar-refractivity contribution is -0.120. The highest BCUT2D eigenvalue weighted by molar-refractivity contribution is 5.98. The fourth-order valence-electron chi connectivity index (χ4n) is 2.48. The lowest BCUT2D eigenvalue weighted by atomic mass is 10.2. The van der Waals surface area contributed by atoms with Crippen LogP contribution < -0.4 is 16.0 Å². The number of hydrogen-bond acceptors (Lipinski definition) is 3. The first-order valence-electron chi connectivity index (χ1n) is 7.49. The average molecular weight is 289 g/mol. The first-order chi connectivity index (χ1) is 10.0. The number of hydrogen-bond donors (Lipinski definition) is 3. The summed E-state index contributed by atoms with van der Waals surface area (Å²) in [5.41, 5.74) is 2.02. The van der Waals surface area contributed by atoms with Gasteiger partial charge < -0.3 is 10.6 Å². The van der Waals surface area contributed by atoms with Crippen molar-refractivity contribution in [3.8, 4) is 0 Å². The first kappa shape index (κ1) is 15.4. The molecular formula is C16H23N3O2. The molecule has 1 aromatic carbocycles. The van der Waals surface area contributed by atoms with Gasteiger partial charge in [0, 0.05) is 11.7 Å². The van der Waals surface area contributed by atoms with Crippen molar-refractivity contribution in [1.82, 2.24) is 10.6 Å². The highest BCUT2D eigenvalue weighted by Gasteiger charge is 2.20. The molecule has 5 heteroatoms. The smallest absolute Gasteiger partial charge is 0.321 e. The monoisotopic (exact) mass is 289 g/mol. The molecule has 1 aromatic rings. The van der Waals surface area contributed by atoms with Crippen molar-refractivity contribution in [2.24, 2.45) is 0 Å². The maximum Gasteiger partial charge on any atom is 0.321 e. The number of amides is 3. The Hall–Kier alpha value is -2.04. The van der Waals surface area contributed by atoms with Crippen LogP contribution in [0.25, 0.3) is 0 Å². The molecule has 1 atom stereocenters. The summed E-state index contributed by atoms with van der Waals surface area (Å²) < 4.78 is 0. The van der Waals surface area contributed by atoms with Gasteiger partial charge in [-0.05, 0) is 38.8 Å². The van der Waals surface area contributed by atoms with Gasteiger partial charge in [0.05, 0.1) is 0 Å². The van der Waals surface area contributed by atoms with E-state index in [9.17, 15) is 9.59 Å². The molecule has 0 bridgehead atoms. The fraction of sp³-hybridized carbons (Fsp3) is 0.500. The maximum absolute atomic E-state index is 12.0. The zero-order chi connectivity index (χ0) is 15.2. The van der Waals surface area contributed by atoms with Crippen molar-refractivity contribution in [2.45, 2.75) is 51.6 Å². The Kier molecular flexibility index (Phi) is 5.20. The van der Waals surface area contributed by atoms with Crippen molar-refractivity contribution in [3.05, 3.63) is 29.8 Å². The Bertz CT molecular complexity index is 493. The number of urea groups is 1. The van der Waals surface area contributed by atoms with Crippen LogP contribution in [0.5, 0.6) is 0 Å². The molecule has 0 saturated heterocycles. The number of carbonyl (C=O) groups excluding carboxylic acids is 2. The summed E-state index contributed by atoms with van der Waals surface area (Å²) in [6, 6.07) is 7.11. The first-order valence-corrected chi connectivity index (χ1v) is 7.49. The van der Waals surface area contributed by atoms with E-state index in [0.29, 0.717) is 0 Å². The van der Waals surface area contributed by atoms with E-state index in [2.05, 4.69) is 16.0 Å². The molecule has 114 valence electrons. The molecule has 1 aliphatic rings. The number of nitrogens with one attached hydrogen (secondary N) is 3. The van der Waals surface area contributed by atoms with Crippen molar-refractivity contribution in [2.75, 3.05) is 5.32 Å². The van der Waals surface area contributed by atoms with Gasteiger partial charge in [-0.1, -0.05) is 30.5 Å². The van der Waals surface area contributed by atoms with E-state index in [1.54, 1.807) is 6.92 Å². The van der Waals surface area contributed by atoms with Gasteiger partial charge >= 0.3 is 6.03 Å². The maximum atomic E-state index is 12.0. The van der Waals surface area contributed by atoms with E-state index in [4.69, 9.17) is 0 Å². The zero-order valence-electron chi connectivity index (χ0n) is 12.6. The molecule has 1 unspecified atom stereocenters. The SMILES string of the molecule is Cc1ccc(NC(C)C(=O)NC(=O)NC2CCCC2)cc1. The van der Waals surface area contributed by atoms with Crippen LogP contribution in [0.4, 0.5) is 10.5 Å². The van der Waals surface area contributed by atoms with Gasteiger partial charge in [0.1, 0.15) is 6.04 Å². The minimum atomic E-state index is -0.470. The van der Waals surface area contributed by atoms with E-state index in [1.807, 2.05) is 31.2 Å². The minimum absolute atomic E-state index is 0.207. The summed E-state index contributed by atoms with van der Waals surface area (Å²) in [6.45, 7) is 3.74. The quantitative estimate of drug-likeness (QED) is 0.798. The normalized spacial score (nSPS) is 16.3. The van der Waals surface area contributed by atoms with Crippen LogP contribution in [0.2, 0.25) is 0 Å². The third-order valence-electron chi connectivity index (χ3n) is 3.76. The number of carbonyl (C=O) groups is 2. The van der Waals surface area contributed by atoms with Gasteiger partial charge in [0.15, 0.2) is 0 Å². The summed E-state index contributed by atoms with van der Waals surface area (Å²) in [7, 11) is 0. The van der Waals surface area contributed by atoms with Crippen molar-refractivity contribution < 1.29 is 9.59 Å². The summed E-state index contributed by atoms with van der Waals surface area (Å²) in [4.78, 5) is 23.7. The number of aryl methyl sites for hydroxylation is 1. The van der Waals surface area contributed by atoms with E-state index >= 15 is 0 Å². The van der Waals surface area contributed by atoms with Gasteiger partial charge in [0.25, 0.3) is 0 Å². The Morgan fingerprint density at radius 1 is 1.14 bits per heavy atom. The third-order valence-corrected chi connectivity index (χ3v) is 3.76. The van der Waals surface area contributed by atoms with Gasteiger partial charge in [-0.3, -0.25) is 10.1 Å². The average Bonchev–Trinajstić information content (AvgIpc) is 2.94. The second-order valence-electron chi connectivity index (χ2n) is 5.68. The summed E-state index contributed by atoms with van der Waals surface area (Å²) in [6.07, 6.45) is 4.28. The summed E-state index contributed by atoms with van der Waals surface area (Å²) in [5.74, 6) is -0.328. The molecule has 1 fully saturated rings. The van der Waals surface area contributed by atoms with E-state index in [1.165, 1.54) is 0 Å². The lowest BCUT2D eigenvalue weighted by Gasteiger charge is -2.17. The fourth-order valence-corrected chi connectivity index (χ4v) is 2.48.